The van der Waals surface area contributed by atoms with Crippen LogP contribution in [0.5, 0.6) is 0 Å². The van der Waals surface area contributed by atoms with Crippen LogP contribution in [0, 0.1) is 5.92 Å². The zero-order valence-corrected chi connectivity index (χ0v) is 9.85. The average molecular weight is 238 g/mol. The molecule has 0 bridgehead atoms. The molecule has 0 aliphatic carbocycles. The van der Waals surface area contributed by atoms with Crippen molar-refractivity contribution in [1.82, 2.24) is 0 Å². The smallest absolute Gasteiger partial charge is 0.0898 e. The molecular weight excluding hydrogens is 219 g/mol. The standard InChI is InChI=1S/C13H19FN2O/c14-7-5-10-9-16(8-6-13(10)17)12-3-1-11(15)2-4-12/h1-4,10,13,17H,5-9,15H2/t10-,13+/m1/s1. The summed E-state index contributed by atoms with van der Waals surface area (Å²) >= 11 is 0. The molecule has 94 valence electrons. The largest absolute Gasteiger partial charge is 0.399 e. The lowest BCUT2D eigenvalue weighted by Gasteiger charge is -2.37. The van der Waals surface area contributed by atoms with E-state index in [1.54, 1.807) is 0 Å². The van der Waals surface area contributed by atoms with Crippen LogP contribution < -0.4 is 10.6 Å². The number of nitrogen functional groups attached to an aromatic ring is 1. The van der Waals surface area contributed by atoms with E-state index in [4.69, 9.17) is 5.73 Å². The fourth-order valence-corrected chi connectivity index (χ4v) is 2.36. The Kier molecular flexibility index (Phi) is 3.84. The Morgan fingerprint density at radius 2 is 2.06 bits per heavy atom. The van der Waals surface area contributed by atoms with Gasteiger partial charge in [-0.2, -0.15) is 0 Å². The minimum Gasteiger partial charge on any atom is -0.399 e. The molecular formula is C13H19FN2O. The second-order valence-electron chi connectivity index (χ2n) is 4.63. The first-order chi connectivity index (χ1) is 8.20. The van der Waals surface area contributed by atoms with E-state index in [1.807, 2.05) is 24.3 Å². The van der Waals surface area contributed by atoms with Crippen LogP contribution in [0.1, 0.15) is 12.8 Å². The van der Waals surface area contributed by atoms with Crippen LogP contribution in [-0.4, -0.2) is 31.0 Å². The van der Waals surface area contributed by atoms with E-state index in [0.29, 0.717) is 12.8 Å². The van der Waals surface area contributed by atoms with Crippen LogP contribution in [0.25, 0.3) is 0 Å². The average Bonchev–Trinajstić information content (AvgIpc) is 2.33. The lowest BCUT2D eigenvalue weighted by Crippen LogP contribution is -2.43. The van der Waals surface area contributed by atoms with Crippen molar-refractivity contribution < 1.29 is 9.50 Å². The number of aliphatic hydroxyl groups excluding tert-OH is 1. The highest BCUT2D eigenvalue weighted by Crippen LogP contribution is 2.26. The third-order valence-electron chi connectivity index (χ3n) is 3.43. The highest BCUT2D eigenvalue weighted by molar-refractivity contribution is 5.53. The number of nitrogens with zero attached hydrogens (tertiary/aromatic N) is 1. The van der Waals surface area contributed by atoms with Gasteiger partial charge in [-0.05, 0) is 37.1 Å². The number of piperidine rings is 1. The third kappa shape index (κ3) is 2.88. The number of alkyl halides is 1. The van der Waals surface area contributed by atoms with Gasteiger partial charge < -0.3 is 15.7 Å². The van der Waals surface area contributed by atoms with Crippen molar-refractivity contribution in [3.8, 4) is 0 Å². The number of hydrogen-bond acceptors (Lipinski definition) is 3. The highest BCUT2D eigenvalue weighted by atomic mass is 19.1. The first kappa shape index (κ1) is 12.2. The van der Waals surface area contributed by atoms with E-state index in [2.05, 4.69) is 4.90 Å². The van der Waals surface area contributed by atoms with E-state index in [9.17, 15) is 9.50 Å². The maximum absolute atomic E-state index is 12.4. The van der Waals surface area contributed by atoms with Gasteiger partial charge in [0.15, 0.2) is 0 Å². The summed E-state index contributed by atoms with van der Waals surface area (Å²) in [6.45, 7) is 1.17. The molecule has 0 unspecified atom stereocenters. The monoisotopic (exact) mass is 238 g/mol. The Bertz CT molecular complexity index is 355. The molecule has 0 amide bonds. The van der Waals surface area contributed by atoms with Crippen molar-refractivity contribution >= 4 is 11.4 Å². The SMILES string of the molecule is Nc1ccc(N2CC[C@H](O)[C@H](CCF)C2)cc1. The molecule has 1 fully saturated rings. The normalized spacial score (nSPS) is 24.9. The summed E-state index contributed by atoms with van der Waals surface area (Å²) in [5.74, 6) is 0.0336. The number of aliphatic hydroxyl groups is 1. The van der Waals surface area contributed by atoms with Crippen LogP contribution in [0.3, 0.4) is 0 Å². The van der Waals surface area contributed by atoms with Crippen LogP contribution in [-0.2, 0) is 0 Å². The van der Waals surface area contributed by atoms with Gasteiger partial charge in [0.25, 0.3) is 0 Å². The van der Waals surface area contributed by atoms with E-state index in [1.165, 1.54) is 0 Å². The zero-order valence-electron chi connectivity index (χ0n) is 9.85. The first-order valence-corrected chi connectivity index (χ1v) is 6.05. The van der Waals surface area contributed by atoms with Crippen LogP contribution in [0.4, 0.5) is 15.8 Å². The van der Waals surface area contributed by atoms with Gasteiger partial charge in [0.1, 0.15) is 0 Å². The van der Waals surface area contributed by atoms with Gasteiger partial charge in [-0.1, -0.05) is 0 Å². The first-order valence-electron chi connectivity index (χ1n) is 6.05. The minimum absolute atomic E-state index is 0.0336. The van der Waals surface area contributed by atoms with Crippen LogP contribution in [0.15, 0.2) is 24.3 Å². The minimum atomic E-state index is -0.365. The number of benzene rings is 1. The molecule has 4 heteroatoms. The Balaban J connectivity index is 2.04. The van der Waals surface area contributed by atoms with Gasteiger partial charge in [0.2, 0.25) is 0 Å². The van der Waals surface area contributed by atoms with Crippen molar-refractivity contribution in [1.29, 1.82) is 0 Å². The predicted octanol–water partition coefficient (Wildman–Crippen LogP) is 1.82. The molecule has 1 saturated heterocycles. The van der Waals surface area contributed by atoms with E-state index in [-0.39, 0.29) is 18.7 Å². The van der Waals surface area contributed by atoms with Crippen molar-refractivity contribution in [3.63, 3.8) is 0 Å². The van der Waals surface area contributed by atoms with Gasteiger partial charge in [-0.25, -0.2) is 0 Å². The molecule has 1 aromatic carbocycles. The van der Waals surface area contributed by atoms with Gasteiger partial charge in [0.05, 0.1) is 12.8 Å². The van der Waals surface area contributed by atoms with E-state index in [0.717, 1.165) is 24.5 Å². The van der Waals surface area contributed by atoms with Gasteiger partial charge in [-0.3, -0.25) is 4.39 Å². The summed E-state index contributed by atoms with van der Waals surface area (Å²) in [6, 6.07) is 7.67. The second-order valence-corrected chi connectivity index (χ2v) is 4.63. The number of hydrogen-bond donors (Lipinski definition) is 2. The van der Waals surface area contributed by atoms with Crippen molar-refractivity contribution in [2.45, 2.75) is 18.9 Å². The molecule has 2 rings (SSSR count). The summed E-state index contributed by atoms with van der Waals surface area (Å²) in [5.41, 5.74) is 7.48. The molecule has 3 nitrogen and oxygen atoms in total. The third-order valence-corrected chi connectivity index (χ3v) is 3.43. The summed E-state index contributed by atoms with van der Waals surface area (Å²) in [5, 5.41) is 9.80. The number of nitrogens with two attached hydrogens (primary N) is 1. The molecule has 1 heterocycles. The predicted molar refractivity (Wildman–Crippen MR) is 67.8 cm³/mol. The van der Waals surface area contributed by atoms with Crippen LogP contribution >= 0.6 is 0 Å². The van der Waals surface area contributed by atoms with Crippen molar-refractivity contribution in [2.75, 3.05) is 30.4 Å². The summed E-state index contributed by atoms with van der Waals surface area (Å²) in [4.78, 5) is 2.19. The molecule has 0 saturated carbocycles. The van der Waals surface area contributed by atoms with Gasteiger partial charge >= 0.3 is 0 Å². The highest BCUT2D eigenvalue weighted by Gasteiger charge is 2.27. The molecule has 1 aromatic rings. The molecule has 0 radical (unpaired) electrons. The lowest BCUT2D eigenvalue weighted by molar-refractivity contribution is 0.0794. The number of anilines is 2. The van der Waals surface area contributed by atoms with Gasteiger partial charge in [0, 0.05) is 30.4 Å². The van der Waals surface area contributed by atoms with Crippen molar-refractivity contribution in [2.24, 2.45) is 5.92 Å². The Hall–Kier alpha value is -1.29. The molecule has 3 N–H and O–H groups in total. The van der Waals surface area contributed by atoms with Gasteiger partial charge in [-0.15, -0.1) is 0 Å². The molecule has 0 aromatic heterocycles. The van der Waals surface area contributed by atoms with E-state index >= 15 is 0 Å². The topological polar surface area (TPSA) is 49.5 Å². The number of rotatable bonds is 3. The molecule has 17 heavy (non-hydrogen) atoms. The quantitative estimate of drug-likeness (QED) is 0.790. The molecule has 1 aliphatic rings. The fourth-order valence-electron chi connectivity index (χ4n) is 2.36. The second kappa shape index (κ2) is 5.36. The fraction of sp³-hybridized carbons (Fsp3) is 0.538. The maximum Gasteiger partial charge on any atom is 0.0898 e. The summed E-state index contributed by atoms with van der Waals surface area (Å²) < 4.78 is 12.4. The Morgan fingerprint density at radius 1 is 1.35 bits per heavy atom. The molecule has 0 spiro atoms. The van der Waals surface area contributed by atoms with E-state index < -0.39 is 0 Å². The summed E-state index contributed by atoms with van der Waals surface area (Å²) in [7, 11) is 0. The van der Waals surface area contributed by atoms with Crippen LogP contribution in [0.2, 0.25) is 0 Å². The zero-order chi connectivity index (χ0) is 12.3. The summed E-state index contributed by atoms with van der Waals surface area (Å²) in [6.07, 6.45) is 0.776. The molecule has 1 aliphatic heterocycles. The Labute approximate surface area is 101 Å². The maximum atomic E-state index is 12.4. The Morgan fingerprint density at radius 3 is 2.71 bits per heavy atom. The number of halogens is 1. The molecule has 2 atom stereocenters. The lowest BCUT2D eigenvalue weighted by atomic mass is 9.92. The van der Waals surface area contributed by atoms with Crippen molar-refractivity contribution in [3.05, 3.63) is 24.3 Å².